The summed E-state index contributed by atoms with van der Waals surface area (Å²) in [6, 6.07) is 30.1. The second-order valence-corrected chi connectivity index (χ2v) is 26.2. The van der Waals surface area contributed by atoms with E-state index in [9.17, 15) is 36.0 Å². The molecular formula is C53H52N10O8S6. The number of sulfone groups is 2. The molecule has 6 N–H and O–H groups in total. The van der Waals surface area contributed by atoms with Crippen molar-refractivity contribution in [1.82, 2.24) is 29.9 Å². The van der Waals surface area contributed by atoms with Gasteiger partial charge in [0, 0.05) is 69.0 Å². The van der Waals surface area contributed by atoms with E-state index in [2.05, 4.69) is 51.2 Å². The number of hydrogen-bond donors (Lipinski definition) is 6. The molecule has 8 aromatic rings. The van der Waals surface area contributed by atoms with Crippen molar-refractivity contribution in [3.8, 4) is 0 Å². The van der Waals surface area contributed by atoms with E-state index < -0.39 is 31.7 Å². The van der Waals surface area contributed by atoms with Gasteiger partial charge in [0.25, 0.3) is 19.7 Å². The van der Waals surface area contributed by atoms with E-state index in [4.69, 9.17) is 0 Å². The number of aromatic amines is 2. The molecular weight excluding hydrogens is 1100 g/mol. The fourth-order valence-corrected chi connectivity index (χ4v) is 16.2. The summed E-state index contributed by atoms with van der Waals surface area (Å²) in [5.41, 5.74) is 3.32. The van der Waals surface area contributed by atoms with Gasteiger partial charge in [-0.2, -0.15) is 0 Å². The first-order valence-electron chi connectivity index (χ1n) is 24.5. The summed E-state index contributed by atoms with van der Waals surface area (Å²) in [5.74, 6) is 0.550. The van der Waals surface area contributed by atoms with Crippen LogP contribution in [-0.2, 0) is 31.2 Å². The van der Waals surface area contributed by atoms with E-state index in [0.29, 0.717) is 33.9 Å². The number of rotatable bonds is 18. The van der Waals surface area contributed by atoms with E-state index >= 15 is 0 Å². The molecule has 0 saturated heterocycles. The fraction of sp³-hybridized carbons (Fsp3) is 0.245. The number of anilines is 4. The molecule has 24 heteroatoms. The predicted octanol–water partition coefficient (Wildman–Crippen LogP) is 12.3. The van der Waals surface area contributed by atoms with Crippen molar-refractivity contribution in [2.75, 3.05) is 21.3 Å². The zero-order chi connectivity index (χ0) is 53.9. The van der Waals surface area contributed by atoms with Gasteiger partial charge in [0.1, 0.15) is 0 Å². The van der Waals surface area contributed by atoms with Crippen LogP contribution in [0.15, 0.2) is 156 Å². The van der Waals surface area contributed by atoms with E-state index in [1.54, 1.807) is 36.4 Å². The van der Waals surface area contributed by atoms with Crippen LogP contribution < -0.4 is 21.3 Å². The molecule has 0 radical (unpaired) electrons. The molecule has 0 aliphatic heterocycles. The molecule has 4 amide bonds. The second kappa shape index (κ2) is 25.0. The number of benzene rings is 4. The first-order valence-corrected chi connectivity index (χ1v) is 31.1. The van der Waals surface area contributed by atoms with Crippen LogP contribution in [0, 0.1) is 18.8 Å². The van der Waals surface area contributed by atoms with Crippen LogP contribution in [0.2, 0.25) is 0 Å². The Morgan fingerprint density at radius 1 is 0.558 bits per heavy atom. The minimum absolute atomic E-state index is 0.00277. The topological polar surface area (TPSA) is 268 Å². The Labute approximate surface area is 461 Å². The third kappa shape index (κ3) is 13.6. The minimum Gasteiger partial charge on any atom is -0.335 e. The monoisotopic (exact) mass is 1150 g/mol. The number of amides is 4. The molecule has 2 aliphatic carbocycles. The van der Waals surface area contributed by atoms with Gasteiger partial charge in [0.05, 0.1) is 22.8 Å². The van der Waals surface area contributed by atoms with Crippen molar-refractivity contribution in [3.05, 3.63) is 156 Å². The molecule has 4 aromatic carbocycles. The van der Waals surface area contributed by atoms with Crippen LogP contribution in [-0.4, -0.2) is 70.4 Å². The molecule has 4 aromatic heterocycles. The number of imidazole rings is 2. The number of H-pyrrole nitrogens is 2. The van der Waals surface area contributed by atoms with Gasteiger partial charge in [-0.25, -0.2) is 46.4 Å². The number of thioether (sulfide) groups is 2. The van der Waals surface area contributed by atoms with Gasteiger partial charge in [-0.05, 0) is 81.1 Å². The highest BCUT2D eigenvalue weighted by molar-refractivity contribution is 7.99. The van der Waals surface area contributed by atoms with Gasteiger partial charge in [0.2, 0.25) is 10.3 Å². The third-order valence-electron chi connectivity index (χ3n) is 12.5. The lowest BCUT2D eigenvalue weighted by Crippen LogP contribution is -2.22. The molecule has 10 rings (SSSR count). The number of Topliss-reactive ketones (excluding diaryl/α,β-unsaturated/α-hetero) is 2. The first-order chi connectivity index (χ1) is 37.2. The molecule has 0 unspecified atom stereocenters. The maximum Gasteiger partial charge on any atom is 0.325 e. The number of thiazole rings is 2. The highest BCUT2D eigenvalue weighted by Gasteiger charge is 2.32. The van der Waals surface area contributed by atoms with Gasteiger partial charge in [-0.15, -0.1) is 23.5 Å². The standard InChI is InChI=1S/C27H27N5O4S3.C26H25N5O4S3/c1-17-11-12-21(20(15-17)23(33)18-7-5-6-8-18)30-25(34)32-26-31-22(16-37-19-9-3-2-4-10-19)24(38-26)39(35,36)27-28-13-14-29-27;32-22(17-8-4-5-9-17)19-12-6-7-13-20(19)29-24(33)31-25-30-21(16-36-18-10-2-1-3-11-18)23(37-25)38(34,35)26-27-14-15-28-26/h2-4,9-15,18H,5-8,16H2,1H3,(H,28,29)(H2,30,31,32,34);1-3,6-7,10-15,17H,4-5,8-9,16H2,(H,27,28)(H2,29,30,31,33). The molecule has 77 heavy (non-hydrogen) atoms. The van der Waals surface area contributed by atoms with Crippen LogP contribution in [0.25, 0.3) is 0 Å². The summed E-state index contributed by atoms with van der Waals surface area (Å²) in [5, 5.41) is 10.7. The summed E-state index contributed by atoms with van der Waals surface area (Å²) in [7, 11) is -7.95. The van der Waals surface area contributed by atoms with Crippen molar-refractivity contribution in [1.29, 1.82) is 0 Å². The Balaban J connectivity index is 0.000000188. The molecule has 0 bridgehead atoms. The van der Waals surface area contributed by atoms with Crippen LogP contribution in [0.4, 0.5) is 31.2 Å². The zero-order valence-corrected chi connectivity index (χ0v) is 46.3. The number of carbonyl (C=O) groups is 4. The lowest BCUT2D eigenvalue weighted by molar-refractivity contribution is 0.0916. The molecule has 2 saturated carbocycles. The molecule has 2 aliphatic rings. The fourth-order valence-electron chi connectivity index (χ4n) is 8.79. The van der Waals surface area contributed by atoms with Crippen molar-refractivity contribution in [2.24, 2.45) is 11.8 Å². The number of ketones is 2. The quantitative estimate of drug-likeness (QED) is 0.0345. The third-order valence-corrected chi connectivity index (χ3v) is 20.9. The van der Waals surface area contributed by atoms with Crippen molar-refractivity contribution in [2.45, 2.75) is 98.3 Å². The Hall–Kier alpha value is -6.96. The van der Waals surface area contributed by atoms with Crippen LogP contribution in [0.1, 0.15) is 89.0 Å². The molecule has 0 atom stereocenters. The number of para-hydroxylation sites is 1. The Bertz CT molecular complexity index is 3580. The zero-order valence-electron chi connectivity index (χ0n) is 41.4. The highest BCUT2D eigenvalue weighted by Crippen LogP contribution is 2.38. The number of carbonyl (C=O) groups excluding carboxylic acids is 4. The first kappa shape index (κ1) is 54.8. The van der Waals surface area contributed by atoms with E-state index in [1.165, 1.54) is 48.3 Å². The Morgan fingerprint density at radius 2 is 0.987 bits per heavy atom. The van der Waals surface area contributed by atoms with E-state index in [0.717, 1.165) is 89.4 Å². The average molecular weight is 1150 g/mol. The largest absolute Gasteiger partial charge is 0.335 e. The van der Waals surface area contributed by atoms with Crippen LogP contribution in [0.3, 0.4) is 0 Å². The van der Waals surface area contributed by atoms with Crippen LogP contribution in [0.5, 0.6) is 0 Å². The Kier molecular flexibility index (Phi) is 17.8. The summed E-state index contributed by atoms with van der Waals surface area (Å²) < 4.78 is 53.1. The lowest BCUT2D eigenvalue weighted by atomic mass is 9.94. The average Bonchev–Trinajstić information content (AvgIpc) is 4.30. The highest BCUT2D eigenvalue weighted by atomic mass is 32.2. The smallest absolute Gasteiger partial charge is 0.325 e. The van der Waals surface area contributed by atoms with Crippen molar-refractivity contribution < 1.29 is 36.0 Å². The molecule has 18 nitrogen and oxygen atoms in total. The molecule has 2 fully saturated rings. The Morgan fingerprint density at radius 3 is 1.44 bits per heavy atom. The number of aryl methyl sites for hydroxylation is 1. The van der Waals surface area contributed by atoms with Crippen LogP contribution >= 0.6 is 46.2 Å². The number of aromatic nitrogens is 6. The predicted molar refractivity (Wildman–Crippen MR) is 300 cm³/mol. The minimum atomic E-state index is -3.98. The van der Waals surface area contributed by atoms with Gasteiger partial charge in [0.15, 0.2) is 30.2 Å². The molecule has 0 spiro atoms. The number of nitrogens with one attached hydrogen (secondary N) is 6. The molecule has 4 heterocycles. The van der Waals surface area contributed by atoms with Crippen molar-refractivity contribution >= 4 is 111 Å². The number of hydrogen-bond acceptors (Lipinski definition) is 16. The van der Waals surface area contributed by atoms with Gasteiger partial charge >= 0.3 is 12.1 Å². The second-order valence-electron chi connectivity index (χ2n) is 17.9. The maximum absolute atomic E-state index is 13.3. The molecule has 398 valence electrons. The summed E-state index contributed by atoms with van der Waals surface area (Å²) in [6.45, 7) is 1.90. The van der Waals surface area contributed by atoms with Gasteiger partial charge in [-0.3, -0.25) is 20.2 Å². The van der Waals surface area contributed by atoms with Gasteiger partial charge < -0.3 is 20.6 Å². The summed E-state index contributed by atoms with van der Waals surface area (Å²) in [4.78, 5) is 76.0. The number of urea groups is 2. The van der Waals surface area contributed by atoms with Gasteiger partial charge in [-0.1, -0.05) is 109 Å². The van der Waals surface area contributed by atoms with E-state index in [-0.39, 0.29) is 63.9 Å². The normalized spacial score (nSPS) is 13.9. The van der Waals surface area contributed by atoms with Crippen molar-refractivity contribution in [3.63, 3.8) is 0 Å². The number of nitrogens with zero attached hydrogens (tertiary/aromatic N) is 4. The SMILES string of the molecule is Cc1ccc(NC(=O)Nc2nc(CSc3ccccc3)c(S(=O)(=O)c3ncc[nH]3)s2)c(C(=O)C2CCCC2)c1.O=C(Nc1nc(CSc2ccccc2)c(S(=O)(=O)c2ncc[nH]2)s1)Nc1ccccc1C(=O)C1CCCC1. The summed E-state index contributed by atoms with van der Waals surface area (Å²) >= 11 is 4.59. The van der Waals surface area contributed by atoms with E-state index in [1.807, 2.05) is 73.7 Å². The lowest BCUT2D eigenvalue weighted by Gasteiger charge is -2.14. The maximum atomic E-state index is 13.3. The summed E-state index contributed by atoms with van der Waals surface area (Å²) in [6.07, 6.45) is 13.2.